The molecule has 0 N–H and O–H groups in total. The van der Waals surface area contributed by atoms with Crippen molar-refractivity contribution in [3.05, 3.63) is 58.5 Å². The van der Waals surface area contributed by atoms with Gasteiger partial charge in [-0.05, 0) is 22.6 Å². The van der Waals surface area contributed by atoms with E-state index < -0.39 is 5.91 Å². The lowest BCUT2D eigenvalue weighted by Crippen LogP contribution is -1.98. The fraction of sp³-hybridized carbons (Fsp3) is 0.100. The highest BCUT2D eigenvalue weighted by atomic mass is 16.1. The van der Waals surface area contributed by atoms with E-state index in [1.807, 2.05) is 12.1 Å². The highest BCUT2D eigenvalue weighted by Crippen LogP contribution is 2.11. The Kier molecular flexibility index (Phi) is 3.47. The number of amides is 1. The van der Waals surface area contributed by atoms with Gasteiger partial charge in [0.05, 0.1) is 0 Å². The molecule has 0 aliphatic heterocycles. The van der Waals surface area contributed by atoms with E-state index in [1.54, 1.807) is 18.2 Å². The third-order valence-corrected chi connectivity index (χ3v) is 1.75. The Labute approximate surface area is 81.5 Å². The van der Waals surface area contributed by atoms with Gasteiger partial charge in [-0.2, -0.15) is 0 Å². The van der Waals surface area contributed by atoms with Crippen LogP contribution in [0.25, 0.3) is 10.4 Å². The van der Waals surface area contributed by atoms with Gasteiger partial charge in [-0.3, -0.25) is 4.79 Å². The van der Waals surface area contributed by atoms with Gasteiger partial charge in [0.1, 0.15) is 0 Å². The minimum atomic E-state index is -0.551. The summed E-state index contributed by atoms with van der Waals surface area (Å²) in [6.45, 7) is 3.59. The minimum absolute atomic E-state index is 0.435. The predicted octanol–water partition coefficient (Wildman–Crippen LogP) is 2.87. The van der Waals surface area contributed by atoms with Gasteiger partial charge in [0.2, 0.25) is 5.91 Å². The van der Waals surface area contributed by atoms with Crippen molar-refractivity contribution in [1.29, 1.82) is 0 Å². The number of azide groups is 1. The number of benzene rings is 1. The number of hydrogen-bond acceptors (Lipinski definition) is 1. The van der Waals surface area contributed by atoms with E-state index in [2.05, 4.69) is 16.6 Å². The van der Waals surface area contributed by atoms with Crippen LogP contribution in [0.1, 0.15) is 15.9 Å². The summed E-state index contributed by atoms with van der Waals surface area (Å²) in [6.07, 6.45) is 2.28. The first-order valence-corrected chi connectivity index (χ1v) is 4.08. The Bertz CT molecular complexity index is 406. The van der Waals surface area contributed by atoms with Crippen molar-refractivity contribution in [3.8, 4) is 0 Å². The highest BCUT2D eigenvalue weighted by molar-refractivity contribution is 5.96. The Morgan fingerprint density at radius 1 is 1.57 bits per heavy atom. The van der Waals surface area contributed by atoms with Crippen LogP contribution in [0.4, 0.5) is 0 Å². The van der Waals surface area contributed by atoms with Crippen LogP contribution in [0.3, 0.4) is 0 Å². The average molecular weight is 187 g/mol. The van der Waals surface area contributed by atoms with Gasteiger partial charge in [0, 0.05) is 10.5 Å². The second kappa shape index (κ2) is 4.84. The number of nitrogens with zero attached hydrogens (tertiary/aromatic N) is 3. The number of allylic oxidation sites excluding steroid dienone is 1. The van der Waals surface area contributed by atoms with Crippen LogP contribution in [0.15, 0.2) is 42.0 Å². The van der Waals surface area contributed by atoms with Crippen LogP contribution < -0.4 is 0 Å². The fourth-order valence-corrected chi connectivity index (χ4v) is 1.16. The standard InChI is InChI=1S/C10H9N3O/c1-2-5-8-6-3-4-7-9(8)10(14)12-13-11/h2-4,6-7H,1,5H2. The van der Waals surface area contributed by atoms with Crippen LogP contribution in [-0.4, -0.2) is 5.91 Å². The van der Waals surface area contributed by atoms with Crippen molar-refractivity contribution in [3.63, 3.8) is 0 Å². The average Bonchev–Trinajstić information content (AvgIpc) is 2.19. The van der Waals surface area contributed by atoms with Crippen molar-refractivity contribution >= 4 is 5.91 Å². The highest BCUT2D eigenvalue weighted by Gasteiger charge is 2.06. The van der Waals surface area contributed by atoms with E-state index in [0.717, 1.165) is 5.56 Å². The van der Waals surface area contributed by atoms with Crippen LogP contribution >= 0.6 is 0 Å². The molecule has 14 heavy (non-hydrogen) atoms. The van der Waals surface area contributed by atoms with Gasteiger partial charge in [0.15, 0.2) is 0 Å². The molecule has 0 aliphatic carbocycles. The second-order valence-electron chi connectivity index (χ2n) is 2.64. The van der Waals surface area contributed by atoms with E-state index in [-0.39, 0.29) is 0 Å². The van der Waals surface area contributed by atoms with Crippen LogP contribution in [0, 0.1) is 0 Å². The SMILES string of the molecule is C=CCc1ccccc1C(=O)N=[N+]=[N-]. The molecular formula is C10H9N3O. The van der Waals surface area contributed by atoms with Gasteiger partial charge < -0.3 is 0 Å². The minimum Gasteiger partial charge on any atom is -0.287 e. The van der Waals surface area contributed by atoms with E-state index in [0.29, 0.717) is 12.0 Å². The lowest BCUT2D eigenvalue weighted by Gasteiger charge is -2.02. The third kappa shape index (κ3) is 2.21. The normalized spacial score (nSPS) is 8.86. The zero-order valence-corrected chi connectivity index (χ0v) is 7.55. The first-order valence-electron chi connectivity index (χ1n) is 4.08. The smallest absolute Gasteiger partial charge is 0.249 e. The van der Waals surface area contributed by atoms with Crippen LogP contribution in [0.5, 0.6) is 0 Å². The van der Waals surface area contributed by atoms with E-state index >= 15 is 0 Å². The molecule has 0 radical (unpaired) electrons. The summed E-state index contributed by atoms with van der Waals surface area (Å²) >= 11 is 0. The lowest BCUT2D eigenvalue weighted by molar-refractivity contribution is 0.0999. The van der Waals surface area contributed by atoms with Crippen molar-refractivity contribution < 1.29 is 4.79 Å². The summed E-state index contributed by atoms with van der Waals surface area (Å²) in [5.41, 5.74) is 9.39. The Morgan fingerprint density at radius 3 is 2.93 bits per heavy atom. The molecule has 0 spiro atoms. The van der Waals surface area contributed by atoms with E-state index in [9.17, 15) is 4.79 Å². The van der Waals surface area contributed by atoms with E-state index in [1.165, 1.54) is 0 Å². The maximum absolute atomic E-state index is 11.3. The fourth-order valence-electron chi connectivity index (χ4n) is 1.16. The number of rotatable bonds is 3. The topological polar surface area (TPSA) is 65.8 Å². The molecule has 0 saturated carbocycles. The maximum atomic E-state index is 11.3. The largest absolute Gasteiger partial charge is 0.287 e. The number of hydrogen-bond donors (Lipinski definition) is 0. The molecule has 0 aliphatic rings. The number of carbonyl (C=O) groups is 1. The monoisotopic (exact) mass is 187 g/mol. The molecule has 1 aromatic rings. The molecule has 4 heteroatoms. The lowest BCUT2D eigenvalue weighted by atomic mass is 10.0. The predicted molar refractivity (Wildman–Crippen MR) is 53.8 cm³/mol. The maximum Gasteiger partial charge on any atom is 0.249 e. The van der Waals surface area contributed by atoms with Gasteiger partial charge >= 0.3 is 0 Å². The van der Waals surface area contributed by atoms with Crippen LogP contribution in [0.2, 0.25) is 0 Å². The molecule has 0 unspecified atom stereocenters. The molecule has 1 aromatic carbocycles. The van der Waals surface area contributed by atoms with Crippen molar-refractivity contribution in [2.45, 2.75) is 6.42 Å². The van der Waals surface area contributed by atoms with Crippen LogP contribution in [-0.2, 0) is 6.42 Å². The summed E-state index contributed by atoms with van der Waals surface area (Å²) in [7, 11) is 0. The third-order valence-electron chi connectivity index (χ3n) is 1.75. The quantitative estimate of drug-likeness (QED) is 0.310. The first kappa shape index (κ1) is 10.0. The summed E-state index contributed by atoms with van der Waals surface area (Å²) in [4.78, 5) is 13.7. The van der Waals surface area contributed by atoms with Crippen molar-refractivity contribution in [2.75, 3.05) is 0 Å². The van der Waals surface area contributed by atoms with Gasteiger partial charge in [0.25, 0.3) is 0 Å². The summed E-state index contributed by atoms with van der Waals surface area (Å²) in [6, 6.07) is 7.00. The van der Waals surface area contributed by atoms with Crippen molar-refractivity contribution in [2.24, 2.45) is 5.11 Å². The first-order chi connectivity index (χ1) is 6.79. The molecule has 0 aromatic heterocycles. The Balaban J connectivity index is 3.11. The van der Waals surface area contributed by atoms with E-state index in [4.69, 9.17) is 5.53 Å². The molecule has 1 rings (SSSR count). The summed E-state index contributed by atoms with van der Waals surface area (Å²) < 4.78 is 0. The molecule has 0 atom stereocenters. The molecule has 0 saturated heterocycles. The Morgan fingerprint density at radius 2 is 2.29 bits per heavy atom. The molecule has 4 nitrogen and oxygen atoms in total. The molecule has 1 amide bonds. The zero-order valence-electron chi connectivity index (χ0n) is 7.55. The molecular weight excluding hydrogens is 178 g/mol. The van der Waals surface area contributed by atoms with Crippen molar-refractivity contribution in [1.82, 2.24) is 0 Å². The van der Waals surface area contributed by atoms with Gasteiger partial charge in [-0.25, -0.2) is 0 Å². The number of carbonyl (C=O) groups excluding carboxylic acids is 1. The molecule has 0 fully saturated rings. The molecule has 70 valence electrons. The Hall–Kier alpha value is -2.06. The summed E-state index contributed by atoms with van der Waals surface area (Å²) in [5.74, 6) is -0.551. The summed E-state index contributed by atoms with van der Waals surface area (Å²) in [5, 5.41) is 3.05. The van der Waals surface area contributed by atoms with Gasteiger partial charge in [-0.1, -0.05) is 30.3 Å². The molecule has 0 heterocycles. The van der Waals surface area contributed by atoms with Gasteiger partial charge in [-0.15, -0.1) is 6.58 Å². The zero-order chi connectivity index (χ0) is 10.4. The second-order valence-corrected chi connectivity index (χ2v) is 2.64. The molecule has 0 bridgehead atoms.